The van der Waals surface area contributed by atoms with Crippen molar-refractivity contribution in [3.8, 4) is 11.3 Å². The summed E-state index contributed by atoms with van der Waals surface area (Å²) in [5, 5.41) is 3.47. The first-order chi connectivity index (χ1) is 8.85. The van der Waals surface area contributed by atoms with Crippen molar-refractivity contribution >= 4 is 0 Å². The van der Waals surface area contributed by atoms with Crippen LogP contribution in [0, 0.1) is 0 Å². The fourth-order valence-electron chi connectivity index (χ4n) is 2.10. The first kappa shape index (κ1) is 11.5. The van der Waals surface area contributed by atoms with Gasteiger partial charge in [0.1, 0.15) is 11.5 Å². The van der Waals surface area contributed by atoms with Crippen molar-refractivity contribution in [3.63, 3.8) is 0 Å². The number of hydrogen-bond donors (Lipinski definition) is 1. The molecular formula is C16H19NO. The molecule has 1 heterocycles. The third-order valence-electron chi connectivity index (χ3n) is 3.42. The fourth-order valence-corrected chi connectivity index (χ4v) is 2.10. The van der Waals surface area contributed by atoms with Crippen molar-refractivity contribution in [2.75, 3.05) is 0 Å². The van der Waals surface area contributed by atoms with Crippen molar-refractivity contribution in [1.29, 1.82) is 0 Å². The van der Waals surface area contributed by atoms with Crippen LogP contribution in [0.4, 0.5) is 0 Å². The third-order valence-corrected chi connectivity index (χ3v) is 3.42. The van der Waals surface area contributed by atoms with E-state index in [2.05, 4.69) is 48.6 Å². The molecule has 0 amide bonds. The SMILES string of the molecule is CCc1cccc(-c2ccc(CNC3CC3)o2)c1. The van der Waals surface area contributed by atoms with Gasteiger partial charge >= 0.3 is 0 Å². The maximum absolute atomic E-state index is 5.88. The summed E-state index contributed by atoms with van der Waals surface area (Å²) in [6.07, 6.45) is 3.68. The topological polar surface area (TPSA) is 25.2 Å². The number of furan rings is 1. The highest BCUT2D eigenvalue weighted by atomic mass is 16.3. The van der Waals surface area contributed by atoms with E-state index in [0.29, 0.717) is 0 Å². The van der Waals surface area contributed by atoms with E-state index in [0.717, 1.165) is 30.5 Å². The molecule has 0 radical (unpaired) electrons. The van der Waals surface area contributed by atoms with Crippen LogP contribution in [-0.4, -0.2) is 6.04 Å². The summed E-state index contributed by atoms with van der Waals surface area (Å²) in [7, 11) is 0. The van der Waals surface area contributed by atoms with Gasteiger partial charge in [0, 0.05) is 11.6 Å². The average molecular weight is 241 g/mol. The average Bonchev–Trinajstić information content (AvgIpc) is 3.13. The van der Waals surface area contributed by atoms with Crippen LogP contribution in [0.5, 0.6) is 0 Å². The summed E-state index contributed by atoms with van der Waals surface area (Å²) in [5.41, 5.74) is 2.52. The van der Waals surface area contributed by atoms with E-state index in [1.54, 1.807) is 0 Å². The minimum absolute atomic E-state index is 0.724. The van der Waals surface area contributed by atoms with E-state index < -0.39 is 0 Å². The minimum Gasteiger partial charge on any atom is -0.460 e. The van der Waals surface area contributed by atoms with Gasteiger partial charge in [-0.25, -0.2) is 0 Å². The van der Waals surface area contributed by atoms with Crippen LogP contribution in [-0.2, 0) is 13.0 Å². The second-order valence-electron chi connectivity index (χ2n) is 4.98. The van der Waals surface area contributed by atoms with E-state index in [9.17, 15) is 0 Å². The maximum atomic E-state index is 5.88. The van der Waals surface area contributed by atoms with Gasteiger partial charge < -0.3 is 9.73 Å². The summed E-state index contributed by atoms with van der Waals surface area (Å²) >= 11 is 0. The molecule has 1 saturated carbocycles. The molecule has 1 fully saturated rings. The molecule has 0 spiro atoms. The van der Waals surface area contributed by atoms with Crippen molar-refractivity contribution in [3.05, 3.63) is 47.7 Å². The van der Waals surface area contributed by atoms with Gasteiger partial charge in [0.15, 0.2) is 0 Å². The van der Waals surface area contributed by atoms with Gasteiger partial charge in [-0.3, -0.25) is 0 Å². The molecule has 0 aliphatic heterocycles. The Labute approximate surface area is 108 Å². The highest BCUT2D eigenvalue weighted by Crippen LogP contribution is 2.24. The minimum atomic E-state index is 0.724. The third kappa shape index (κ3) is 2.65. The lowest BCUT2D eigenvalue weighted by molar-refractivity contribution is 0.492. The smallest absolute Gasteiger partial charge is 0.134 e. The molecule has 0 unspecified atom stereocenters. The van der Waals surface area contributed by atoms with Crippen molar-refractivity contribution < 1.29 is 4.42 Å². The number of hydrogen-bond acceptors (Lipinski definition) is 2. The molecular weight excluding hydrogens is 222 g/mol. The predicted octanol–water partition coefficient (Wildman–Crippen LogP) is 3.76. The molecule has 2 aromatic rings. The first-order valence-electron chi connectivity index (χ1n) is 6.76. The van der Waals surface area contributed by atoms with Gasteiger partial charge in [-0.15, -0.1) is 0 Å². The van der Waals surface area contributed by atoms with Crippen LogP contribution < -0.4 is 5.32 Å². The van der Waals surface area contributed by atoms with E-state index in [4.69, 9.17) is 4.42 Å². The molecule has 94 valence electrons. The summed E-state index contributed by atoms with van der Waals surface area (Å²) < 4.78 is 5.88. The van der Waals surface area contributed by atoms with Gasteiger partial charge in [0.05, 0.1) is 6.54 Å². The zero-order chi connectivity index (χ0) is 12.4. The lowest BCUT2D eigenvalue weighted by Crippen LogP contribution is -2.14. The highest BCUT2D eigenvalue weighted by molar-refractivity contribution is 5.58. The number of benzene rings is 1. The summed E-state index contributed by atoms with van der Waals surface area (Å²) in [5.74, 6) is 2.00. The predicted molar refractivity (Wildman–Crippen MR) is 73.4 cm³/mol. The Bertz CT molecular complexity index is 525. The van der Waals surface area contributed by atoms with Gasteiger partial charge in [0.2, 0.25) is 0 Å². The molecule has 2 heteroatoms. The number of rotatable bonds is 5. The van der Waals surface area contributed by atoms with E-state index in [-0.39, 0.29) is 0 Å². The van der Waals surface area contributed by atoms with E-state index >= 15 is 0 Å². The lowest BCUT2D eigenvalue weighted by atomic mass is 10.1. The molecule has 0 saturated heterocycles. The molecule has 0 bridgehead atoms. The number of nitrogens with one attached hydrogen (secondary N) is 1. The quantitative estimate of drug-likeness (QED) is 0.862. The molecule has 1 N–H and O–H groups in total. The highest BCUT2D eigenvalue weighted by Gasteiger charge is 2.20. The Hall–Kier alpha value is -1.54. The van der Waals surface area contributed by atoms with Crippen molar-refractivity contribution in [2.45, 2.75) is 38.8 Å². The Kier molecular flexibility index (Phi) is 3.20. The Morgan fingerprint density at radius 3 is 2.89 bits per heavy atom. The largest absolute Gasteiger partial charge is 0.460 e. The molecule has 1 aromatic heterocycles. The Balaban J connectivity index is 1.74. The van der Waals surface area contributed by atoms with Crippen LogP contribution in [0.25, 0.3) is 11.3 Å². The van der Waals surface area contributed by atoms with Crippen LogP contribution >= 0.6 is 0 Å². The molecule has 3 rings (SSSR count). The lowest BCUT2D eigenvalue weighted by Gasteiger charge is -2.01. The molecule has 18 heavy (non-hydrogen) atoms. The standard InChI is InChI=1S/C16H19NO/c1-2-12-4-3-5-13(10-12)16-9-8-15(18-16)11-17-14-6-7-14/h3-5,8-10,14,17H,2,6-7,11H2,1H3. The van der Waals surface area contributed by atoms with Crippen LogP contribution in [0.15, 0.2) is 40.8 Å². The number of aryl methyl sites for hydroxylation is 1. The van der Waals surface area contributed by atoms with Gasteiger partial charge in [-0.2, -0.15) is 0 Å². The molecule has 2 nitrogen and oxygen atoms in total. The van der Waals surface area contributed by atoms with Crippen LogP contribution in [0.3, 0.4) is 0 Å². The monoisotopic (exact) mass is 241 g/mol. The second kappa shape index (κ2) is 4.99. The van der Waals surface area contributed by atoms with Gasteiger partial charge in [-0.1, -0.05) is 25.1 Å². The zero-order valence-electron chi connectivity index (χ0n) is 10.8. The van der Waals surface area contributed by atoms with E-state index in [1.807, 2.05) is 0 Å². The Morgan fingerprint density at radius 2 is 2.11 bits per heavy atom. The summed E-state index contributed by atoms with van der Waals surface area (Å²) in [4.78, 5) is 0. The fraction of sp³-hybridized carbons (Fsp3) is 0.375. The van der Waals surface area contributed by atoms with Gasteiger partial charge in [0.25, 0.3) is 0 Å². The van der Waals surface area contributed by atoms with E-state index in [1.165, 1.54) is 24.0 Å². The summed E-state index contributed by atoms with van der Waals surface area (Å²) in [6, 6.07) is 13.4. The Morgan fingerprint density at radius 1 is 1.22 bits per heavy atom. The molecule has 1 aliphatic rings. The molecule has 1 aromatic carbocycles. The summed E-state index contributed by atoms with van der Waals surface area (Å²) in [6.45, 7) is 3.02. The molecule has 1 aliphatic carbocycles. The van der Waals surface area contributed by atoms with Gasteiger partial charge in [-0.05, 0) is 43.0 Å². The first-order valence-corrected chi connectivity index (χ1v) is 6.76. The zero-order valence-corrected chi connectivity index (χ0v) is 10.8. The maximum Gasteiger partial charge on any atom is 0.134 e. The van der Waals surface area contributed by atoms with Crippen molar-refractivity contribution in [2.24, 2.45) is 0 Å². The normalized spacial score (nSPS) is 14.9. The second-order valence-corrected chi connectivity index (χ2v) is 4.98. The molecule has 0 atom stereocenters. The van der Waals surface area contributed by atoms with Crippen molar-refractivity contribution in [1.82, 2.24) is 5.32 Å². The van der Waals surface area contributed by atoms with Crippen LogP contribution in [0.1, 0.15) is 31.1 Å². The van der Waals surface area contributed by atoms with Crippen LogP contribution in [0.2, 0.25) is 0 Å².